The monoisotopic (exact) mass is 289 g/mol. The van der Waals surface area contributed by atoms with Crippen molar-refractivity contribution in [3.63, 3.8) is 0 Å². The van der Waals surface area contributed by atoms with Gasteiger partial charge in [-0.05, 0) is 55.6 Å². The molecule has 0 spiro atoms. The minimum absolute atomic E-state index is 0.209. The first-order valence-electron chi connectivity index (χ1n) is 7.29. The molecule has 0 bridgehead atoms. The summed E-state index contributed by atoms with van der Waals surface area (Å²) in [5.74, 6) is 1.13. The summed E-state index contributed by atoms with van der Waals surface area (Å²) in [6, 6.07) is 4.71. The molecule has 0 radical (unpaired) electrons. The number of hydrogen-bond acceptors (Lipinski definition) is 3. The third-order valence-electron chi connectivity index (χ3n) is 4.21. The second-order valence-electron chi connectivity index (χ2n) is 5.54. The number of aromatic amines is 1. The van der Waals surface area contributed by atoms with E-state index in [1.54, 1.807) is 19.2 Å². The third kappa shape index (κ3) is 3.24. The van der Waals surface area contributed by atoms with Gasteiger partial charge >= 0.3 is 0 Å². The van der Waals surface area contributed by atoms with Gasteiger partial charge in [0.25, 0.3) is 0 Å². The van der Waals surface area contributed by atoms with Gasteiger partial charge in [0.2, 0.25) is 0 Å². The number of likely N-dealkylation sites (tertiary alicyclic amines) is 1. The Morgan fingerprint density at radius 3 is 2.86 bits per heavy atom. The molecule has 1 fully saturated rings. The fraction of sp³-hybridized carbons (Fsp3) is 0.438. The van der Waals surface area contributed by atoms with Gasteiger partial charge in [0, 0.05) is 18.3 Å². The van der Waals surface area contributed by atoms with E-state index in [2.05, 4.69) is 15.1 Å². The van der Waals surface area contributed by atoms with Crippen LogP contribution >= 0.6 is 0 Å². The average molecular weight is 289 g/mol. The molecule has 1 N–H and O–H groups in total. The van der Waals surface area contributed by atoms with Gasteiger partial charge in [-0.2, -0.15) is 5.10 Å². The summed E-state index contributed by atoms with van der Waals surface area (Å²) in [5.41, 5.74) is 2.21. The molecule has 21 heavy (non-hydrogen) atoms. The Labute approximate surface area is 123 Å². The highest BCUT2D eigenvalue weighted by Gasteiger charge is 2.22. The number of nitrogens with one attached hydrogen (secondary N) is 1. The molecule has 0 amide bonds. The van der Waals surface area contributed by atoms with Crippen molar-refractivity contribution in [3.05, 3.63) is 47.5 Å². The summed E-state index contributed by atoms with van der Waals surface area (Å²) >= 11 is 0. The fourth-order valence-electron chi connectivity index (χ4n) is 3.02. The van der Waals surface area contributed by atoms with Crippen LogP contribution in [0.5, 0.6) is 5.75 Å². The first-order chi connectivity index (χ1) is 10.3. The molecule has 2 heterocycles. The second-order valence-corrected chi connectivity index (χ2v) is 5.54. The lowest BCUT2D eigenvalue weighted by molar-refractivity contribution is 0.202. The molecule has 3 rings (SSSR count). The van der Waals surface area contributed by atoms with E-state index in [-0.39, 0.29) is 5.82 Å². The second kappa shape index (κ2) is 6.26. The zero-order chi connectivity index (χ0) is 14.7. The number of H-pyrrole nitrogens is 1. The van der Waals surface area contributed by atoms with Crippen LogP contribution in [0.2, 0.25) is 0 Å². The minimum Gasteiger partial charge on any atom is -0.496 e. The molecular weight excluding hydrogens is 269 g/mol. The van der Waals surface area contributed by atoms with Crippen molar-refractivity contribution in [3.8, 4) is 5.75 Å². The Hall–Kier alpha value is -1.88. The first-order valence-corrected chi connectivity index (χ1v) is 7.29. The molecule has 1 aliphatic heterocycles. The van der Waals surface area contributed by atoms with E-state index < -0.39 is 0 Å². The van der Waals surface area contributed by atoms with E-state index in [0.29, 0.717) is 5.92 Å². The molecule has 2 aromatic rings. The van der Waals surface area contributed by atoms with Gasteiger partial charge in [-0.3, -0.25) is 10.00 Å². The lowest BCUT2D eigenvalue weighted by Crippen LogP contribution is -2.32. The van der Waals surface area contributed by atoms with E-state index in [4.69, 9.17) is 4.74 Å². The molecule has 1 saturated heterocycles. The molecule has 0 unspecified atom stereocenters. The van der Waals surface area contributed by atoms with Crippen molar-refractivity contribution < 1.29 is 9.13 Å². The molecular formula is C16H20FN3O. The largest absolute Gasteiger partial charge is 0.496 e. The number of aromatic nitrogens is 2. The number of nitrogens with zero attached hydrogens (tertiary/aromatic N) is 2. The molecule has 0 saturated carbocycles. The van der Waals surface area contributed by atoms with Gasteiger partial charge in [0.1, 0.15) is 11.6 Å². The van der Waals surface area contributed by atoms with Crippen molar-refractivity contribution in [1.29, 1.82) is 0 Å². The van der Waals surface area contributed by atoms with Crippen LogP contribution in [0.1, 0.15) is 29.9 Å². The molecule has 1 aromatic carbocycles. The molecule has 112 valence electrons. The molecule has 5 heteroatoms. The topological polar surface area (TPSA) is 41.1 Å². The number of hydrogen-bond donors (Lipinski definition) is 1. The van der Waals surface area contributed by atoms with E-state index in [0.717, 1.165) is 43.8 Å². The number of benzene rings is 1. The highest BCUT2D eigenvalue weighted by molar-refractivity contribution is 5.33. The van der Waals surface area contributed by atoms with Crippen LogP contribution in [0.15, 0.2) is 30.6 Å². The quantitative estimate of drug-likeness (QED) is 0.941. The molecule has 4 nitrogen and oxygen atoms in total. The summed E-state index contributed by atoms with van der Waals surface area (Å²) in [6.45, 7) is 2.75. The molecule has 1 aromatic heterocycles. The maximum absolute atomic E-state index is 13.4. The number of halogens is 1. The number of ether oxygens (including phenoxy) is 1. The Morgan fingerprint density at radius 2 is 2.19 bits per heavy atom. The van der Waals surface area contributed by atoms with Crippen LogP contribution in [0.25, 0.3) is 0 Å². The lowest BCUT2D eigenvalue weighted by atomic mass is 9.91. The van der Waals surface area contributed by atoms with Gasteiger partial charge in [-0.1, -0.05) is 0 Å². The SMILES string of the molecule is COc1ccc(F)cc1CN1CCC(c2cn[nH]c2)CC1. The first kappa shape index (κ1) is 14.1. The normalized spacial score (nSPS) is 17.0. The summed E-state index contributed by atoms with van der Waals surface area (Å²) < 4.78 is 18.7. The number of rotatable bonds is 4. The summed E-state index contributed by atoms with van der Waals surface area (Å²) in [5, 5.41) is 6.90. The zero-order valence-corrected chi connectivity index (χ0v) is 12.2. The predicted octanol–water partition coefficient (Wildman–Crippen LogP) is 2.94. The number of methoxy groups -OCH3 is 1. The fourth-order valence-corrected chi connectivity index (χ4v) is 3.02. The van der Waals surface area contributed by atoms with E-state index >= 15 is 0 Å². The van der Waals surface area contributed by atoms with Crippen LogP contribution in [0.3, 0.4) is 0 Å². The maximum atomic E-state index is 13.4. The van der Waals surface area contributed by atoms with Crippen LogP contribution in [-0.2, 0) is 6.54 Å². The predicted molar refractivity (Wildman–Crippen MR) is 78.8 cm³/mol. The zero-order valence-electron chi connectivity index (χ0n) is 12.2. The van der Waals surface area contributed by atoms with E-state index in [1.165, 1.54) is 11.6 Å². The molecule has 0 aliphatic carbocycles. The Kier molecular flexibility index (Phi) is 4.20. The van der Waals surface area contributed by atoms with E-state index in [9.17, 15) is 4.39 Å². The van der Waals surface area contributed by atoms with Crippen molar-refractivity contribution in [2.24, 2.45) is 0 Å². The van der Waals surface area contributed by atoms with Crippen LogP contribution in [0.4, 0.5) is 4.39 Å². The standard InChI is InChI=1S/C16H20FN3O/c1-21-16-3-2-15(17)8-13(16)11-20-6-4-12(5-7-20)14-9-18-19-10-14/h2-3,8-10,12H,4-7,11H2,1H3,(H,18,19). The summed E-state index contributed by atoms with van der Waals surface area (Å²) in [6.07, 6.45) is 6.11. The Bertz CT molecular complexity index is 577. The highest BCUT2D eigenvalue weighted by atomic mass is 19.1. The van der Waals surface area contributed by atoms with Gasteiger partial charge in [0.05, 0.1) is 13.3 Å². The molecule has 1 aliphatic rings. The van der Waals surface area contributed by atoms with Gasteiger partial charge in [-0.25, -0.2) is 4.39 Å². The Balaban J connectivity index is 1.62. The maximum Gasteiger partial charge on any atom is 0.123 e. The summed E-state index contributed by atoms with van der Waals surface area (Å²) in [7, 11) is 1.63. The van der Waals surface area contributed by atoms with Crippen LogP contribution in [0, 0.1) is 5.82 Å². The van der Waals surface area contributed by atoms with Gasteiger partial charge in [0.15, 0.2) is 0 Å². The molecule has 0 atom stereocenters. The van der Waals surface area contributed by atoms with Crippen molar-refractivity contribution in [2.45, 2.75) is 25.3 Å². The number of piperidine rings is 1. The minimum atomic E-state index is -0.209. The smallest absolute Gasteiger partial charge is 0.123 e. The van der Waals surface area contributed by atoms with Crippen LogP contribution < -0.4 is 4.74 Å². The lowest BCUT2D eigenvalue weighted by Gasteiger charge is -2.31. The van der Waals surface area contributed by atoms with Crippen molar-refractivity contribution >= 4 is 0 Å². The van der Waals surface area contributed by atoms with Gasteiger partial charge in [-0.15, -0.1) is 0 Å². The van der Waals surface area contributed by atoms with E-state index in [1.807, 2.05) is 12.4 Å². The highest BCUT2D eigenvalue weighted by Crippen LogP contribution is 2.29. The summed E-state index contributed by atoms with van der Waals surface area (Å²) in [4.78, 5) is 2.36. The van der Waals surface area contributed by atoms with Crippen molar-refractivity contribution in [2.75, 3.05) is 20.2 Å². The van der Waals surface area contributed by atoms with Crippen molar-refractivity contribution in [1.82, 2.24) is 15.1 Å². The Morgan fingerprint density at radius 1 is 1.38 bits per heavy atom. The van der Waals surface area contributed by atoms with Crippen LogP contribution in [-0.4, -0.2) is 35.3 Å². The average Bonchev–Trinajstić information content (AvgIpc) is 3.03. The third-order valence-corrected chi connectivity index (χ3v) is 4.21. The van der Waals surface area contributed by atoms with Gasteiger partial charge < -0.3 is 4.74 Å².